The normalized spacial score (nSPS) is 28.3. The Morgan fingerprint density at radius 3 is 2.60 bits per heavy atom. The van der Waals surface area contributed by atoms with Crippen LogP contribution in [0.3, 0.4) is 0 Å². The molecule has 1 fully saturated rings. The van der Waals surface area contributed by atoms with Gasteiger partial charge in [0.1, 0.15) is 0 Å². The quantitative estimate of drug-likeness (QED) is 0.868. The molecule has 0 bridgehead atoms. The van der Waals surface area contributed by atoms with Crippen molar-refractivity contribution in [1.29, 1.82) is 0 Å². The summed E-state index contributed by atoms with van der Waals surface area (Å²) in [6.45, 7) is 7.67. The number of ether oxygens (including phenoxy) is 1. The Bertz CT molecular complexity index is 421. The summed E-state index contributed by atoms with van der Waals surface area (Å²) in [5.74, 6) is 0.832. The summed E-state index contributed by atoms with van der Waals surface area (Å²) in [5, 5.41) is 3.68. The van der Waals surface area contributed by atoms with E-state index in [0.717, 1.165) is 25.3 Å². The molecule has 1 N–H and O–H groups in total. The van der Waals surface area contributed by atoms with Crippen LogP contribution in [0.1, 0.15) is 56.7 Å². The Kier molecular flexibility index (Phi) is 5.22. The Morgan fingerprint density at radius 2 is 2.05 bits per heavy atom. The van der Waals surface area contributed by atoms with Crippen LogP contribution in [0, 0.1) is 12.8 Å². The third-order valence-electron chi connectivity index (χ3n) is 4.84. The molecule has 2 heteroatoms. The molecular formula is C18H29NO. The van der Waals surface area contributed by atoms with Gasteiger partial charge < -0.3 is 10.1 Å². The van der Waals surface area contributed by atoms with Crippen molar-refractivity contribution in [3.8, 4) is 0 Å². The lowest BCUT2D eigenvalue weighted by Gasteiger charge is -2.44. The van der Waals surface area contributed by atoms with Crippen molar-refractivity contribution in [2.75, 3.05) is 13.7 Å². The minimum absolute atomic E-state index is 0.0453. The van der Waals surface area contributed by atoms with Crippen LogP contribution in [0.25, 0.3) is 0 Å². The first-order valence-electron chi connectivity index (χ1n) is 7.96. The molecule has 2 nitrogen and oxygen atoms in total. The van der Waals surface area contributed by atoms with Gasteiger partial charge in [-0.25, -0.2) is 0 Å². The third-order valence-corrected chi connectivity index (χ3v) is 4.84. The molecule has 1 aromatic rings. The van der Waals surface area contributed by atoms with Crippen LogP contribution in [0.15, 0.2) is 24.3 Å². The van der Waals surface area contributed by atoms with E-state index in [1.165, 1.54) is 24.0 Å². The van der Waals surface area contributed by atoms with Crippen LogP contribution in [0.5, 0.6) is 0 Å². The van der Waals surface area contributed by atoms with E-state index in [1.54, 1.807) is 0 Å². The lowest BCUT2D eigenvalue weighted by Crippen LogP contribution is -2.47. The highest BCUT2D eigenvalue weighted by molar-refractivity contribution is 5.27. The first-order chi connectivity index (χ1) is 9.61. The van der Waals surface area contributed by atoms with Crippen molar-refractivity contribution in [1.82, 2.24) is 5.32 Å². The molecule has 1 aliphatic rings. The van der Waals surface area contributed by atoms with Crippen molar-refractivity contribution in [3.63, 3.8) is 0 Å². The molecule has 0 spiro atoms. The van der Waals surface area contributed by atoms with E-state index in [1.807, 2.05) is 7.11 Å². The number of likely N-dealkylation sites (N-methyl/N-ethyl adjacent to an activating group) is 1. The Balaban J connectivity index is 2.30. The highest BCUT2D eigenvalue weighted by atomic mass is 16.5. The highest BCUT2D eigenvalue weighted by Gasteiger charge is 2.41. The molecule has 0 aliphatic heterocycles. The topological polar surface area (TPSA) is 21.3 Å². The Hall–Kier alpha value is -0.860. The molecular weight excluding hydrogens is 246 g/mol. The van der Waals surface area contributed by atoms with Crippen LogP contribution in [0.2, 0.25) is 0 Å². The van der Waals surface area contributed by atoms with E-state index in [9.17, 15) is 0 Å². The zero-order valence-electron chi connectivity index (χ0n) is 13.4. The van der Waals surface area contributed by atoms with Gasteiger partial charge in [0.25, 0.3) is 0 Å². The smallest absolute Gasteiger partial charge is 0.0872 e. The second-order valence-electron chi connectivity index (χ2n) is 6.36. The second kappa shape index (κ2) is 6.73. The zero-order valence-corrected chi connectivity index (χ0v) is 13.4. The maximum absolute atomic E-state index is 6.07. The van der Waals surface area contributed by atoms with Crippen LogP contribution >= 0.6 is 0 Å². The van der Waals surface area contributed by atoms with Gasteiger partial charge in [0.05, 0.1) is 11.6 Å². The molecule has 1 unspecified atom stereocenters. The van der Waals surface area contributed by atoms with Crippen molar-refractivity contribution in [2.24, 2.45) is 5.92 Å². The summed E-state index contributed by atoms with van der Waals surface area (Å²) in [7, 11) is 1.89. The summed E-state index contributed by atoms with van der Waals surface area (Å²) in [6, 6.07) is 9.15. The number of aryl methyl sites for hydroxylation is 1. The molecule has 2 rings (SSSR count). The zero-order chi connectivity index (χ0) is 14.6. The average Bonchev–Trinajstić information content (AvgIpc) is 2.46. The molecule has 0 aromatic heterocycles. The first kappa shape index (κ1) is 15.5. The maximum atomic E-state index is 6.07. The van der Waals surface area contributed by atoms with E-state index in [4.69, 9.17) is 4.74 Å². The minimum Gasteiger partial charge on any atom is -0.376 e. The summed E-state index contributed by atoms with van der Waals surface area (Å²) in [5.41, 5.74) is 2.64. The third kappa shape index (κ3) is 3.24. The predicted octanol–water partition coefficient (Wildman–Crippen LogP) is 4.24. The number of benzene rings is 1. The van der Waals surface area contributed by atoms with E-state index in [-0.39, 0.29) is 5.60 Å². The maximum Gasteiger partial charge on any atom is 0.0872 e. The summed E-state index contributed by atoms with van der Waals surface area (Å²) in [6.07, 6.45) is 4.83. The van der Waals surface area contributed by atoms with Crippen LogP contribution in [-0.4, -0.2) is 19.3 Å². The van der Waals surface area contributed by atoms with E-state index < -0.39 is 0 Å². The van der Waals surface area contributed by atoms with Gasteiger partial charge in [0.2, 0.25) is 0 Å². The molecule has 1 saturated carbocycles. The van der Waals surface area contributed by atoms with Crippen LogP contribution < -0.4 is 5.32 Å². The largest absolute Gasteiger partial charge is 0.376 e. The summed E-state index contributed by atoms with van der Waals surface area (Å²) >= 11 is 0. The molecule has 1 aliphatic carbocycles. The van der Waals surface area contributed by atoms with Gasteiger partial charge in [0, 0.05) is 7.11 Å². The van der Waals surface area contributed by atoms with Gasteiger partial charge in [-0.05, 0) is 50.6 Å². The molecule has 0 heterocycles. The van der Waals surface area contributed by atoms with Gasteiger partial charge in [-0.3, -0.25) is 0 Å². The number of rotatable bonds is 5. The Morgan fingerprint density at radius 1 is 1.35 bits per heavy atom. The molecule has 112 valence electrons. The van der Waals surface area contributed by atoms with E-state index in [0.29, 0.717) is 6.04 Å². The fourth-order valence-electron chi connectivity index (χ4n) is 3.52. The first-order valence-corrected chi connectivity index (χ1v) is 7.96. The molecule has 0 saturated heterocycles. The number of methoxy groups -OCH3 is 1. The molecule has 1 atom stereocenters. The SMILES string of the molecule is CCNC(c1cccc(C)c1)C1(OC)CCC(C)CC1. The van der Waals surface area contributed by atoms with Gasteiger partial charge in [-0.1, -0.05) is 43.7 Å². The molecule has 0 radical (unpaired) electrons. The van der Waals surface area contributed by atoms with Crippen molar-refractivity contribution < 1.29 is 4.74 Å². The second-order valence-corrected chi connectivity index (χ2v) is 6.36. The lowest BCUT2D eigenvalue weighted by molar-refractivity contribution is -0.0757. The average molecular weight is 275 g/mol. The van der Waals surface area contributed by atoms with E-state index in [2.05, 4.69) is 50.4 Å². The Labute approximate surface area is 123 Å². The summed E-state index contributed by atoms with van der Waals surface area (Å²) < 4.78 is 6.07. The van der Waals surface area contributed by atoms with Crippen molar-refractivity contribution in [3.05, 3.63) is 35.4 Å². The van der Waals surface area contributed by atoms with Crippen molar-refractivity contribution in [2.45, 2.75) is 58.1 Å². The standard InChI is InChI=1S/C18H29NO/c1-5-19-17(16-8-6-7-15(3)13-16)18(20-4)11-9-14(2)10-12-18/h6-8,13-14,17,19H,5,9-12H2,1-4H3. The van der Waals surface area contributed by atoms with Crippen LogP contribution in [0.4, 0.5) is 0 Å². The van der Waals surface area contributed by atoms with Crippen molar-refractivity contribution >= 4 is 0 Å². The van der Waals surface area contributed by atoms with Crippen LogP contribution in [-0.2, 0) is 4.74 Å². The summed E-state index contributed by atoms with van der Waals surface area (Å²) in [4.78, 5) is 0. The number of hydrogen-bond donors (Lipinski definition) is 1. The monoisotopic (exact) mass is 275 g/mol. The molecule has 20 heavy (non-hydrogen) atoms. The van der Waals surface area contributed by atoms with Gasteiger partial charge in [-0.15, -0.1) is 0 Å². The van der Waals surface area contributed by atoms with Gasteiger partial charge in [-0.2, -0.15) is 0 Å². The number of nitrogens with one attached hydrogen (secondary N) is 1. The number of hydrogen-bond acceptors (Lipinski definition) is 2. The van der Waals surface area contributed by atoms with E-state index >= 15 is 0 Å². The fourth-order valence-corrected chi connectivity index (χ4v) is 3.52. The lowest BCUT2D eigenvalue weighted by atomic mass is 9.73. The highest BCUT2D eigenvalue weighted by Crippen LogP contribution is 2.42. The molecule has 1 aromatic carbocycles. The minimum atomic E-state index is -0.0453. The van der Waals surface area contributed by atoms with Gasteiger partial charge in [0.15, 0.2) is 0 Å². The predicted molar refractivity (Wildman–Crippen MR) is 85.0 cm³/mol. The molecule has 0 amide bonds. The van der Waals surface area contributed by atoms with Gasteiger partial charge >= 0.3 is 0 Å². The fraction of sp³-hybridized carbons (Fsp3) is 0.667.